The molecule has 7 heteroatoms. The Morgan fingerprint density at radius 1 is 0.941 bits per heavy atom. The Bertz CT molecular complexity index is 937. The first-order chi connectivity index (χ1) is 16.6. The van der Waals surface area contributed by atoms with Gasteiger partial charge in [-0.3, -0.25) is 0 Å². The van der Waals surface area contributed by atoms with Crippen molar-refractivity contribution in [3.8, 4) is 17.3 Å². The fourth-order valence-corrected chi connectivity index (χ4v) is 5.76. The molecule has 0 unspecified atom stereocenters. The van der Waals surface area contributed by atoms with Crippen molar-refractivity contribution in [1.82, 2.24) is 20.0 Å². The molecule has 0 radical (unpaired) electrons. The van der Waals surface area contributed by atoms with Crippen LogP contribution in [0.15, 0.2) is 30.3 Å². The van der Waals surface area contributed by atoms with Gasteiger partial charge in [0.15, 0.2) is 0 Å². The van der Waals surface area contributed by atoms with Gasteiger partial charge in [0, 0.05) is 31.2 Å². The summed E-state index contributed by atoms with van der Waals surface area (Å²) in [6, 6.07) is 10.7. The van der Waals surface area contributed by atoms with Crippen LogP contribution in [0.4, 0.5) is 4.79 Å². The number of benzene rings is 1. The Kier molecular flexibility index (Phi) is 7.38. The highest BCUT2D eigenvalue weighted by Crippen LogP contribution is 2.28. The first kappa shape index (κ1) is 23.2. The van der Waals surface area contributed by atoms with Crippen molar-refractivity contribution in [1.29, 1.82) is 0 Å². The van der Waals surface area contributed by atoms with Crippen LogP contribution in [0.25, 0.3) is 5.69 Å². The SMILES string of the molecule is Cc1cc(OC(=O)NC2CCCCC2)n(-c2ccc(OC3CCN(C4CCCC4)CC3)cc2)n1. The number of rotatable bonds is 6. The van der Waals surface area contributed by atoms with Crippen molar-refractivity contribution in [3.63, 3.8) is 0 Å². The van der Waals surface area contributed by atoms with Gasteiger partial charge < -0.3 is 19.7 Å². The lowest BCUT2D eigenvalue weighted by atomic mass is 9.96. The molecule has 1 aromatic heterocycles. The quantitative estimate of drug-likeness (QED) is 0.618. The molecule has 0 spiro atoms. The second-order valence-electron chi connectivity index (χ2n) is 10.2. The molecule has 0 atom stereocenters. The van der Waals surface area contributed by atoms with Gasteiger partial charge in [-0.2, -0.15) is 5.10 Å². The summed E-state index contributed by atoms with van der Waals surface area (Å²) in [6.07, 6.45) is 13.2. The minimum absolute atomic E-state index is 0.209. The molecule has 7 nitrogen and oxygen atoms in total. The van der Waals surface area contributed by atoms with E-state index in [-0.39, 0.29) is 12.1 Å². The van der Waals surface area contributed by atoms with Crippen LogP contribution in [0.3, 0.4) is 0 Å². The minimum atomic E-state index is -0.406. The number of nitrogens with zero attached hydrogens (tertiary/aromatic N) is 3. The van der Waals surface area contributed by atoms with Gasteiger partial charge in [-0.05, 0) is 69.7 Å². The third kappa shape index (κ3) is 5.74. The van der Waals surface area contributed by atoms with Crippen LogP contribution >= 0.6 is 0 Å². The summed E-state index contributed by atoms with van der Waals surface area (Å²) < 4.78 is 13.6. The van der Waals surface area contributed by atoms with E-state index in [0.717, 1.165) is 74.8 Å². The molecule has 2 saturated carbocycles. The monoisotopic (exact) mass is 466 g/mol. The highest BCUT2D eigenvalue weighted by molar-refractivity contribution is 5.70. The fraction of sp³-hybridized carbons (Fsp3) is 0.630. The smallest absolute Gasteiger partial charge is 0.414 e. The van der Waals surface area contributed by atoms with E-state index in [1.807, 2.05) is 31.2 Å². The lowest BCUT2D eigenvalue weighted by molar-refractivity contribution is 0.0768. The van der Waals surface area contributed by atoms with E-state index in [2.05, 4.69) is 15.3 Å². The second kappa shape index (κ2) is 10.8. The summed E-state index contributed by atoms with van der Waals surface area (Å²) >= 11 is 0. The van der Waals surface area contributed by atoms with E-state index in [4.69, 9.17) is 9.47 Å². The van der Waals surface area contributed by atoms with Gasteiger partial charge in [-0.25, -0.2) is 9.48 Å². The van der Waals surface area contributed by atoms with Gasteiger partial charge in [-0.1, -0.05) is 32.1 Å². The summed E-state index contributed by atoms with van der Waals surface area (Å²) in [5.41, 5.74) is 1.65. The Hall–Kier alpha value is -2.54. The molecule has 0 bridgehead atoms. The predicted octanol–water partition coefficient (Wildman–Crippen LogP) is 5.39. The molecule has 1 aromatic carbocycles. The molecular weight excluding hydrogens is 428 g/mol. The van der Waals surface area contributed by atoms with Crippen molar-refractivity contribution in [3.05, 3.63) is 36.0 Å². The number of piperidine rings is 1. The van der Waals surface area contributed by atoms with Gasteiger partial charge in [-0.15, -0.1) is 0 Å². The fourth-order valence-electron chi connectivity index (χ4n) is 5.76. The molecule has 2 aromatic rings. The van der Waals surface area contributed by atoms with Crippen molar-refractivity contribution in [2.45, 2.75) is 95.7 Å². The lowest BCUT2D eigenvalue weighted by Gasteiger charge is -2.36. The van der Waals surface area contributed by atoms with Gasteiger partial charge in [0.25, 0.3) is 0 Å². The number of hydrogen-bond acceptors (Lipinski definition) is 5. The van der Waals surface area contributed by atoms with Crippen LogP contribution < -0.4 is 14.8 Å². The number of nitrogens with one attached hydrogen (secondary N) is 1. The van der Waals surface area contributed by atoms with E-state index in [9.17, 15) is 4.79 Å². The number of aromatic nitrogens is 2. The Balaban J connectivity index is 1.16. The zero-order valence-electron chi connectivity index (χ0n) is 20.4. The van der Waals surface area contributed by atoms with Crippen LogP contribution in [0.5, 0.6) is 11.6 Å². The standard InChI is InChI=1S/C27H38N4O3/c1-20-19-26(34-27(32)28-21-7-3-2-4-8-21)31(29-20)23-11-13-24(14-12-23)33-25-15-17-30(18-16-25)22-9-5-6-10-22/h11-14,19,21-22,25H,2-10,15-18H2,1H3,(H,28,32). The van der Waals surface area contributed by atoms with E-state index >= 15 is 0 Å². The summed E-state index contributed by atoms with van der Waals surface area (Å²) in [4.78, 5) is 15.1. The number of likely N-dealkylation sites (tertiary alicyclic amines) is 1. The van der Waals surface area contributed by atoms with Crippen LogP contribution in [0.2, 0.25) is 0 Å². The zero-order valence-corrected chi connectivity index (χ0v) is 20.4. The predicted molar refractivity (Wildman–Crippen MR) is 132 cm³/mol. The molecule has 2 heterocycles. The average Bonchev–Trinajstić information content (AvgIpc) is 3.51. The molecule has 34 heavy (non-hydrogen) atoms. The summed E-state index contributed by atoms with van der Waals surface area (Å²) in [5, 5.41) is 7.54. The first-order valence-electron chi connectivity index (χ1n) is 13.2. The van der Waals surface area contributed by atoms with Crippen molar-refractivity contribution in [2.24, 2.45) is 0 Å². The van der Waals surface area contributed by atoms with Crippen LogP contribution in [-0.2, 0) is 0 Å². The maximum atomic E-state index is 12.5. The molecule has 3 aliphatic rings. The molecule has 5 rings (SSSR count). The number of carbonyl (C=O) groups is 1. The molecule has 1 saturated heterocycles. The van der Waals surface area contributed by atoms with Gasteiger partial charge in [0.1, 0.15) is 11.9 Å². The van der Waals surface area contributed by atoms with Gasteiger partial charge >= 0.3 is 6.09 Å². The molecule has 1 N–H and O–H groups in total. The van der Waals surface area contributed by atoms with Crippen molar-refractivity contribution >= 4 is 6.09 Å². The second-order valence-corrected chi connectivity index (χ2v) is 10.2. The van der Waals surface area contributed by atoms with Crippen LogP contribution in [0.1, 0.15) is 76.3 Å². The maximum Gasteiger partial charge on any atom is 0.414 e. The van der Waals surface area contributed by atoms with E-state index in [0.29, 0.717) is 5.88 Å². The van der Waals surface area contributed by atoms with E-state index in [1.54, 1.807) is 10.7 Å². The van der Waals surface area contributed by atoms with Gasteiger partial charge in [0.2, 0.25) is 5.88 Å². The third-order valence-electron chi connectivity index (χ3n) is 7.62. The van der Waals surface area contributed by atoms with Gasteiger partial charge in [0.05, 0.1) is 11.4 Å². The summed E-state index contributed by atoms with van der Waals surface area (Å²) in [5.74, 6) is 1.31. The number of aryl methyl sites for hydroxylation is 1. The molecule has 1 amide bonds. The average molecular weight is 467 g/mol. The first-order valence-corrected chi connectivity index (χ1v) is 13.2. The molecular formula is C27H38N4O3. The van der Waals surface area contributed by atoms with E-state index in [1.165, 1.54) is 32.1 Å². The molecule has 1 aliphatic heterocycles. The largest absolute Gasteiger partial charge is 0.490 e. The Labute approximate surface area is 202 Å². The third-order valence-corrected chi connectivity index (χ3v) is 7.62. The van der Waals surface area contributed by atoms with Crippen molar-refractivity contribution < 1.29 is 14.3 Å². The summed E-state index contributed by atoms with van der Waals surface area (Å²) in [7, 11) is 0. The number of hydrogen-bond donors (Lipinski definition) is 1. The maximum absolute atomic E-state index is 12.5. The number of carbonyl (C=O) groups excluding carboxylic acids is 1. The number of ether oxygens (including phenoxy) is 2. The topological polar surface area (TPSA) is 68.6 Å². The highest BCUT2D eigenvalue weighted by Gasteiger charge is 2.28. The number of amides is 1. The molecule has 2 aliphatic carbocycles. The highest BCUT2D eigenvalue weighted by atomic mass is 16.6. The van der Waals surface area contributed by atoms with Crippen LogP contribution in [-0.4, -0.2) is 52.1 Å². The Morgan fingerprint density at radius 2 is 1.62 bits per heavy atom. The molecule has 3 fully saturated rings. The zero-order chi connectivity index (χ0) is 23.3. The van der Waals surface area contributed by atoms with E-state index < -0.39 is 6.09 Å². The Morgan fingerprint density at radius 3 is 2.32 bits per heavy atom. The van der Waals surface area contributed by atoms with Crippen LogP contribution in [0, 0.1) is 6.92 Å². The lowest BCUT2D eigenvalue weighted by Crippen LogP contribution is -2.43. The normalized spacial score (nSPS) is 21.0. The minimum Gasteiger partial charge on any atom is -0.490 e. The molecule has 184 valence electrons. The summed E-state index contributed by atoms with van der Waals surface area (Å²) in [6.45, 7) is 4.19. The van der Waals surface area contributed by atoms with Crippen molar-refractivity contribution in [2.75, 3.05) is 13.1 Å².